The summed E-state index contributed by atoms with van der Waals surface area (Å²) in [4.78, 5) is 12.8. The molecule has 0 radical (unpaired) electrons. The Morgan fingerprint density at radius 1 is 1.53 bits per heavy atom. The molecule has 0 saturated carbocycles. The van der Waals surface area contributed by atoms with E-state index in [1.54, 1.807) is 6.92 Å². The number of nitrogens with zero attached hydrogens (tertiary/aromatic N) is 1. The van der Waals surface area contributed by atoms with E-state index < -0.39 is 0 Å². The Morgan fingerprint density at radius 2 is 2.13 bits per heavy atom. The summed E-state index contributed by atoms with van der Waals surface area (Å²) in [6.45, 7) is 2.39. The summed E-state index contributed by atoms with van der Waals surface area (Å²) in [7, 11) is 1.85. The van der Waals surface area contributed by atoms with Gasteiger partial charge in [0.2, 0.25) is 5.91 Å². The van der Waals surface area contributed by atoms with Gasteiger partial charge in [-0.2, -0.15) is 0 Å². The number of hydrogen-bond donors (Lipinski definition) is 1. The first kappa shape index (κ1) is 12.0. The van der Waals surface area contributed by atoms with E-state index in [1.807, 2.05) is 36.2 Å². The highest BCUT2D eigenvalue weighted by atomic mass is 35.5. The number of halogens is 1. The normalized spacial score (nSPS) is 12.8. The Morgan fingerprint density at radius 3 is 2.67 bits per heavy atom. The Hall–Kier alpha value is -1.06. The van der Waals surface area contributed by atoms with Crippen LogP contribution in [0, 0.1) is 0 Å². The van der Waals surface area contributed by atoms with Crippen LogP contribution in [0.15, 0.2) is 24.3 Å². The summed E-state index contributed by atoms with van der Waals surface area (Å²) in [5, 5.41) is 0.709. The lowest BCUT2D eigenvalue weighted by atomic mass is 10.2. The number of primary amides is 1. The van der Waals surface area contributed by atoms with Crippen molar-refractivity contribution >= 4 is 17.5 Å². The van der Waals surface area contributed by atoms with E-state index in [9.17, 15) is 4.79 Å². The number of carbonyl (C=O) groups excluding carboxylic acids is 1. The number of amides is 1. The van der Waals surface area contributed by atoms with Crippen molar-refractivity contribution in [1.29, 1.82) is 0 Å². The van der Waals surface area contributed by atoms with Crippen molar-refractivity contribution in [3.05, 3.63) is 34.9 Å². The van der Waals surface area contributed by atoms with Crippen LogP contribution < -0.4 is 5.73 Å². The zero-order valence-corrected chi connectivity index (χ0v) is 9.66. The van der Waals surface area contributed by atoms with Crippen LogP contribution in [0.3, 0.4) is 0 Å². The molecular formula is C11H15ClN2O. The van der Waals surface area contributed by atoms with E-state index in [2.05, 4.69) is 0 Å². The second kappa shape index (κ2) is 5.14. The van der Waals surface area contributed by atoms with Crippen molar-refractivity contribution in [3.8, 4) is 0 Å². The molecule has 0 bridgehead atoms. The zero-order chi connectivity index (χ0) is 11.4. The molecule has 1 amide bonds. The van der Waals surface area contributed by atoms with Crippen LogP contribution in [-0.4, -0.2) is 23.9 Å². The smallest absolute Gasteiger partial charge is 0.234 e. The molecule has 1 aromatic carbocycles. The van der Waals surface area contributed by atoms with E-state index in [1.165, 1.54) is 0 Å². The fraction of sp³-hybridized carbons (Fsp3) is 0.364. The average Bonchev–Trinajstić information content (AvgIpc) is 2.20. The summed E-state index contributed by atoms with van der Waals surface area (Å²) >= 11 is 6.01. The number of carbonyl (C=O) groups is 1. The Balaban J connectivity index is 2.70. The second-order valence-corrected chi connectivity index (χ2v) is 3.99. The maximum atomic E-state index is 11.0. The number of likely N-dealkylation sites (N-methyl/N-ethyl adjacent to an activating group) is 1. The molecule has 0 fully saturated rings. The van der Waals surface area contributed by atoms with E-state index in [4.69, 9.17) is 17.3 Å². The van der Waals surface area contributed by atoms with Gasteiger partial charge in [0.05, 0.1) is 6.04 Å². The third-order valence-corrected chi connectivity index (χ3v) is 2.82. The summed E-state index contributed by atoms with van der Waals surface area (Å²) < 4.78 is 0. The van der Waals surface area contributed by atoms with Gasteiger partial charge < -0.3 is 5.73 Å². The molecule has 0 saturated heterocycles. The van der Waals surface area contributed by atoms with Crippen LogP contribution in [0.4, 0.5) is 0 Å². The summed E-state index contributed by atoms with van der Waals surface area (Å²) in [6, 6.07) is 7.28. The lowest BCUT2D eigenvalue weighted by molar-refractivity contribution is -0.122. The minimum Gasteiger partial charge on any atom is -0.368 e. The summed E-state index contributed by atoms with van der Waals surface area (Å²) in [5.41, 5.74) is 6.21. The first-order valence-corrected chi connectivity index (χ1v) is 5.13. The maximum Gasteiger partial charge on any atom is 0.234 e. The van der Waals surface area contributed by atoms with E-state index in [0.29, 0.717) is 11.6 Å². The molecule has 0 aliphatic heterocycles. The molecule has 1 atom stereocenters. The van der Waals surface area contributed by atoms with E-state index in [-0.39, 0.29) is 11.9 Å². The van der Waals surface area contributed by atoms with Gasteiger partial charge in [0.15, 0.2) is 0 Å². The van der Waals surface area contributed by atoms with Crippen molar-refractivity contribution in [2.75, 3.05) is 7.05 Å². The van der Waals surface area contributed by atoms with Gasteiger partial charge in [0.1, 0.15) is 0 Å². The van der Waals surface area contributed by atoms with Crippen LogP contribution in [0.5, 0.6) is 0 Å². The first-order valence-electron chi connectivity index (χ1n) is 4.75. The lowest BCUT2D eigenvalue weighted by Crippen LogP contribution is -2.39. The molecule has 3 nitrogen and oxygen atoms in total. The Kier molecular flexibility index (Phi) is 4.12. The van der Waals surface area contributed by atoms with Crippen LogP contribution in [-0.2, 0) is 11.3 Å². The highest BCUT2D eigenvalue weighted by molar-refractivity contribution is 6.31. The third-order valence-electron chi connectivity index (χ3n) is 2.45. The largest absolute Gasteiger partial charge is 0.368 e. The highest BCUT2D eigenvalue weighted by Gasteiger charge is 2.15. The average molecular weight is 227 g/mol. The summed E-state index contributed by atoms with van der Waals surface area (Å²) in [6.07, 6.45) is 0. The van der Waals surface area contributed by atoms with Crippen molar-refractivity contribution in [1.82, 2.24) is 4.90 Å². The maximum absolute atomic E-state index is 11.0. The van der Waals surface area contributed by atoms with Crippen LogP contribution in [0.1, 0.15) is 12.5 Å². The van der Waals surface area contributed by atoms with E-state index in [0.717, 1.165) is 5.56 Å². The molecule has 0 unspecified atom stereocenters. The zero-order valence-electron chi connectivity index (χ0n) is 8.90. The second-order valence-electron chi connectivity index (χ2n) is 3.58. The van der Waals surface area contributed by atoms with Gasteiger partial charge >= 0.3 is 0 Å². The fourth-order valence-corrected chi connectivity index (χ4v) is 1.44. The predicted molar refractivity (Wildman–Crippen MR) is 61.6 cm³/mol. The highest BCUT2D eigenvalue weighted by Crippen LogP contribution is 2.17. The molecule has 4 heteroatoms. The SMILES string of the molecule is C[C@@H](C(N)=O)N(C)Cc1ccccc1Cl. The van der Waals surface area contributed by atoms with Gasteiger partial charge in [-0.25, -0.2) is 0 Å². The fourth-order valence-electron chi connectivity index (χ4n) is 1.25. The Bertz CT molecular complexity index is 354. The van der Waals surface area contributed by atoms with Crippen LogP contribution in [0.2, 0.25) is 5.02 Å². The Labute approximate surface area is 94.8 Å². The minimum atomic E-state index is -0.329. The van der Waals surface area contributed by atoms with Crippen LogP contribution in [0.25, 0.3) is 0 Å². The molecule has 0 aliphatic carbocycles. The molecule has 15 heavy (non-hydrogen) atoms. The molecule has 0 heterocycles. The van der Waals surface area contributed by atoms with Gasteiger partial charge in [-0.3, -0.25) is 9.69 Å². The van der Waals surface area contributed by atoms with Crippen molar-refractivity contribution in [2.45, 2.75) is 19.5 Å². The van der Waals surface area contributed by atoms with Gasteiger partial charge in [-0.15, -0.1) is 0 Å². The van der Waals surface area contributed by atoms with Gasteiger partial charge in [0, 0.05) is 11.6 Å². The van der Waals surface area contributed by atoms with Gasteiger partial charge in [-0.05, 0) is 25.6 Å². The molecule has 82 valence electrons. The molecule has 0 aromatic heterocycles. The van der Waals surface area contributed by atoms with Gasteiger partial charge in [0.25, 0.3) is 0 Å². The topological polar surface area (TPSA) is 46.3 Å². The number of nitrogens with two attached hydrogens (primary N) is 1. The van der Waals surface area contributed by atoms with Crippen molar-refractivity contribution in [2.24, 2.45) is 5.73 Å². The lowest BCUT2D eigenvalue weighted by Gasteiger charge is -2.22. The quantitative estimate of drug-likeness (QED) is 0.849. The standard InChI is InChI=1S/C11H15ClN2O/c1-8(11(13)15)14(2)7-9-5-3-4-6-10(9)12/h3-6,8H,7H2,1-2H3,(H2,13,15)/t8-/m0/s1. The van der Waals surface area contributed by atoms with Crippen molar-refractivity contribution < 1.29 is 4.79 Å². The van der Waals surface area contributed by atoms with Gasteiger partial charge in [-0.1, -0.05) is 29.8 Å². The summed E-state index contributed by atoms with van der Waals surface area (Å²) in [5.74, 6) is -0.329. The molecule has 2 N–H and O–H groups in total. The monoisotopic (exact) mass is 226 g/mol. The molecule has 1 aromatic rings. The van der Waals surface area contributed by atoms with E-state index >= 15 is 0 Å². The number of benzene rings is 1. The van der Waals surface area contributed by atoms with Crippen LogP contribution >= 0.6 is 11.6 Å². The molecule has 0 aliphatic rings. The molecule has 0 spiro atoms. The number of rotatable bonds is 4. The third kappa shape index (κ3) is 3.22. The molecule has 1 rings (SSSR count). The predicted octanol–water partition coefficient (Wildman–Crippen LogP) is 1.65. The van der Waals surface area contributed by atoms with Crippen molar-refractivity contribution in [3.63, 3.8) is 0 Å². The first-order chi connectivity index (χ1) is 7.02. The minimum absolute atomic E-state index is 0.290. The molecular weight excluding hydrogens is 212 g/mol. The number of hydrogen-bond acceptors (Lipinski definition) is 2.